The Labute approximate surface area is 156 Å². The average molecular weight is 363 g/mol. The van der Waals surface area contributed by atoms with Crippen molar-refractivity contribution in [3.8, 4) is 5.75 Å². The number of fused-ring (bicyclic) bond motifs is 1. The van der Waals surface area contributed by atoms with E-state index >= 15 is 0 Å². The van der Waals surface area contributed by atoms with Gasteiger partial charge in [-0.1, -0.05) is 6.07 Å². The minimum Gasteiger partial charge on any atom is -0.497 e. The minimum atomic E-state index is -0.256. The van der Waals surface area contributed by atoms with Crippen molar-refractivity contribution in [1.82, 2.24) is 10.3 Å². The first-order chi connectivity index (χ1) is 13.0. The zero-order valence-corrected chi connectivity index (χ0v) is 15.3. The lowest BCUT2D eigenvalue weighted by Gasteiger charge is -2.10. The fraction of sp³-hybridized carbons (Fsp3) is 0.238. The van der Waals surface area contributed by atoms with Crippen LogP contribution in [0.15, 0.2) is 42.5 Å². The van der Waals surface area contributed by atoms with Crippen LogP contribution in [0.3, 0.4) is 0 Å². The highest BCUT2D eigenvalue weighted by Gasteiger charge is 2.24. The van der Waals surface area contributed by atoms with E-state index < -0.39 is 0 Å². The number of H-pyrrole nitrogens is 1. The predicted molar refractivity (Wildman–Crippen MR) is 104 cm³/mol. The van der Waals surface area contributed by atoms with E-state index in [1.807, 2.05) is 31.2 Å². The SMILES string of the molecule is COc1ccc2cc(C(=O)Nc3cc(C(=O)NC4CC4)ccc3C)[nH]c2c1. The Balaban J connectivity index is 1.55. The maximum Gasteiger partial charge on any atom is 0.272 e. The Bertz CT molecular complexity index is 1030. The van der Waals surface area contributed by atoms with E-state index in [4.69, 9.17) is 4.74 Å². The van der Waals surface area contributed by atoms with Crippen molar-refractivity contribution in [1.29, 1.82) is 0 Å². The molecule has 0 unspecified atom stereocenters. The number of carbonyl (C=O) groups is 2. The lowest BCUT2D eigenvalue weighted by atomic mass is 10.1. The van der Waals surface area contributed by atoms with Crippen LogP contribution in [0.1, 0.15) is 39.3 Å². The standard InChI is InChI=1S/C21H21N3O3/c1-12-3-4-14(20(25)22-15-6-7-15)10-17(12)24-21(26)19-9-13-5-8-16(27-2)11-18(13)23-19/h3-5,8-11,15,23H,6-7H2,1-2H3,(H,22,25)(H,24,26). The van der Waals surface area contributed by atoms with Crippen LogP contribution in [-0.4, -0.2) is 29.9 Å². The third-order valence-corrected chi connectivity index (χ3v) is 4.73. The van der Waals surface area contributed by atoms with Gasteiger partial charge in [0.1, 0.15) is 11.4 Å². The van der Waals surface area contributed by atoms with Crippen LogP contribution >= 0.6 is 0 Å². The molecule has 1 aromatic heterocycles. The summed E-state index contributed by atoms with van der Waals surface area (Å²) in [7, 11) is 1.60. The number of methoxy groups -OCH3 is 1. The molecule has 6 nitrogen and oxygen atoms in total. The highest BCUT2D eigenvalue weighted by atomic mass is 16.5. The summed E-state index contributed by atoms with van der Waals surface area (Å²) in [5, 5.41) is 6.79. The first kappa shape index (κ1) is 17.1. The van der Waals surface area contributed by atoms with Crippen molar-refractivity contribution >= 4 is 28.4 Å². The van der Waals surface area contributed by atoms with Crippen LogP contribution < -0.4 is 15.4 Å². The van der Waals surface area contributed by atoms with Crippen LogP contribution in [0, 0.1) is 6.92 Å². The molecule has 3 N–H and O–H groups in total. The van der Waals surface area contributed by atoms with E-state index in [2.05, 4.69) is 15.6 Å². The number of anilines is 1. The molecule has 2 aromatic carbocycles. The molecule has 27 heavy (non-hydrogen) atoms. The first-order valence-electron chi connectivity index (χ1n) is 8.93. The van der Waals surface area contributed by atoms with Gasteiger partial charge in [0.25, 0.3) is 11.8 Å². The molecular formula is C21H21N3O3. The van der Waals surface area contributed by atoms with Crippen LogP contribution in [0.4, 0.5) is 5.69 Å². The summed E-state index contributed by atoms with van der Waals surface area (Å²) < 4.78 is 5.21. The quantitative estimate of drug-likeness (QED) is 0.647. The van der Waals surface area contributed by atoms with Gasteiger partial charge in [0.2, 0.25) is 0 Å². The summed E-state index contributed by atoms with van der Waals surface area (Å²) in [5.74, 6) is 0.361. The molecule has 0 bridgehead atoms. The number of aromatic nitrogens is 1. The monoisotopic (exact) mass is 363 g/mol. The molecule has 1 aliphatic rings. The molecule has 4 rings (SSSR count). The van der Waals surface area contributed by atoms with Crippen LogP contribution in [0.25, 0.3) is 10.9 Å². The van der Waals surface area contributed by atoms with Gasteiger partial charge in [-0.05, 0) is 55.7 Å². The summed E-state index contributed by atoms with van der Waals surface area (Å²) in [6.07, 6.45) is 2.07. The molecular weight excluding hydrogens is 342 g/mol. The molecule has 1 heterocycles. The number of rotatable bonds is 5. The Hall–Kier alpha value is -3.28. The summed E-state index contributed by atoms with van der Waals surface area (Å²) >= 11 is 0. The third kappa shape index (κ3) is 3.65. The molecule has 0 aliphatic heterocycles. The molecule has 6 heteroatoms. The Morgan fingerprint density at radius 1 is 1.07 bits per heavy atom. The number of aryl methyl sites for hydroxylation is 1. The molecule has 1 aliphatic carbocycles. The number of benzene rings is 2. The largest absolute Gasteiger partial charge is 0.497 e. The van der Waals surface area contributed by atoms with Crippen LogP contribution in [0.2, 0.25) is 0 Å². The fourth-order valence-corrected chi connectivity index (χ4v) is 2.94. The van der Waals surface area contributed by atoms with Crippen molar-refractivity contribution in [2.45, 2.75) is 25.8 Å². The Morgan fingerprint density at radius 2 is 1.89 bits per heavy atom. The lowest BCUT2D eigenvalue weighted by Crippen LogP contribution is -2.25. The van der Waals surface area contributed by atoms with Crippen LogP contribution in [-0.2, 0) is 0 Å². The van der Waals surface area contributed by atoms with E-state index in [1.54, 1.807) is 25.3 Å². The fourth-order valence-electron chi connectivity index (χ4n) is 2.94. The normalized spacial score (nSPS) is 13.4. The van der Waals surface area contributed by atoms with Crippen molar-refractivity contribution in [2.24, 2.45) is 0 Å². The molecule has 3 aromatic rings. The van der Waals surface area contributed by atoms with Crippen LogP contribution in [0.5, 0.6) is 5.75 Å². The zero-order valence-electron chi connectivity index (χ0n) is 15.3. The van der Waals surface area contributed by atoms with Crippen molar-refractivity contribution < 1.29 is 14.3 Å². The highest BCUT2D eigenvalue weighted by Crippen LogP contribution is 2.24. The molecule has 0 atom stereocenters. The summed E-state index contributed by atoms with van der Waals surface area (Å²) in [6.45, 7) is 1.90. The van der Waals surface area contributed by atoms with E-state index in [0.717, 1.165) is 35.1 Å². The molecule has 138 valence electrons. The summed E-state index contributed by atoms with van der Waals surface area (Å²) in [4.78, 5) is 28.0. The van der Waals surface area contributed by atoms with Gasteiger partial charge in [-0.2, -0.15) is 0 Å². The Morgan fingerprint density at radius 3 is 2.63 bits per heavy atom. The maximum atomic E-state index is 12.7. The second-order valence-corrected chi connectivity index (χ2v) is 6.87. The van der Waals surface area contributed by atoms with Gasteiger partial charge < -0.3 is 20.4 Å². The average Bonchev–Trinajstić information content (AvgIpc) is 3.37. The minimum absolute atomic E-state index is 0.106. The van der Waals surface area contributed by atoms with E-state index in [1.165, 1.54) is 0 Å². The van der Waals surface area contributed by atoms with E-state index in [9.17, 15) is 9.59 Å². The van der Waals surface area contributed by atoms with Crippen molar-refractivity contribution in [3.05, 3.63) is 59.3 Å². The lowest BCUT2D eigenvalue weighted by molar-refractivity contribution is 0.0949. The Kier molecular flexibility index (Phi) is 4.32. The maximum absolute atomic E-state index is 12.7. The van der Waals surface area contributed by atoms with Gasteiger partial charge in [0, 0.05) is 34.3 Å². The molecule has 1 fully saturated rings. The van der Waals surface area contributed by atoms with Gasteiger partial charge in [0.15, 0.2) is 0 Å². The zero-order chi connectivity index (χ0) is 19.0. The van der Waals surface area contributed by atoms with Gasteiger partial charge >= 0.3 is 0 Å². The molecule has 0 saturated heterocycles. The van der Waals surface area contributed by atoms with Gasteiger partial charge in [-0.25, -0.2) is 0 Å². The smallest absolute Gasteiger partial charge is 0.272 e. The number of amides is 2. The predicted octanol–water partition coefficient (Wildman–Crippen LogP) is 3.63. The number of hydrogen-bond donors (Lipinski definition) is 3. The molecule has 2 amide bonds. The number of ether oxygens (including phenoxy) is 1. The van der Waals surface area contributed by atoms with Gasteiger partial charge in [-0.3, -0.25) is 9.59 Å². The van der Waals surface area contributed by atoms with Crippen molar-refractivity contribution in [2.75, 3.05) is 12.4 Å². The van der Waals surface area contributed by atoms with E-state index in [0.29, 0.717) is 23.0 Å². The van der Waals surface area contributed by atoms with Gasteiger partial charge in [0.05, 0.1) is 7.11 Å². The van der Waals surface area contributed by atoms with E-state index in [-0.39, 0.29) is 11.8 Å². The summed E-state index contributed by atoms with van der Waals surface area (Å²) in [6, 6.07) is 13.0. The first-order valence-corrected chi connectivity index (χ1v) is 8.93. The number of aromatic amines is 1. The number of carbonyl (C=O) groups excluding carboxylic acids is 2. The second-order valence-electron chi connectivity index (χ2n) is 6.87. The second kappa shape index (κ2) is 6.79. The number of hydrogen-bond acceptors (Lipinski definition) is 3. The molecule has 0 radical (unpaired) electrons. The summed E-state index contributed by atoms with van der Waals surface area (Å²) in [5.41, 5.74) is 3.34. The molecule has 0 spiro atoms. The number of nitrogens with one attached hydrogen (secondary N) is 3. The topological polar surface area (TPSA) is 83.2 Å². The van der Waals surface area contributed by atoms with Crippen molar-refractivity contribution in [3.63, 3.8) is 0 Å². The highest BCUT2D eigenvalue weighted by molar-refractivity contribution is 6.07. The van der Waals surface area contributed by atoms with Gasteiger partial charge in [-0.15, -0.1) is 0 Å². The molecule has 1 saturated carbocycles. The third-order valence-electron chi connectivity index (χ3n) is 4.73.